The normalized spacial score (nSPS) is 10.9. The summed E-state index contributed by atoms with van der Waals surface area (Å²) in [5.74, 6) is 0.174. The van der Waals surface area contributed by atoms with Crippen LogP contribution in [0.4, 0.5) is 11.6 Å². The molecule has 10 heteroatoms. The first-order valence-corrected chi connectivity index (χ1v) is 10.3. The van der Waals surface area contributed by atoms with Gasteiger partial charge in [0.2, 0.25) is 5.95 Å². The summed E-state index contributed by atoms with van der Waals surface area (Å²) in [4.78, 5) is 19.6. The number of benzene rings is 2. The molecule has 0 bridgehead atoms. The topological polar surface area (TPSA) is 110 Å². The van der Waals surface area contributed by atoms with Gasteiger partial charge in [-0.25, -0.2) is 23.1 Å². The molecule has 0 atom stereocenters. The Morgan fingerprint density at radius 1 is 1.00 bits per heavy atom. The Labute approximate surface area is 170 Å². The third kappa shape index (κ3) is 5.51. The summed E-state index contributed by atoms with van der Waals surface area (Å²) < 4.78 is 33.2. The van der Waals surface area contributed by atoms with Gasteiger partial charge in [0.05, 0.1) is 4.90 Å². The molecule has 0 radical (unpaired) electrons. The Balaban J connectivity index is 1.57. The van der Waals surface area contributed by atoms with Gasteiger partial charge in [-0.05, 0) is 54.6 Å². The molecule has 1 aromatic heterocycles. The highest BCUT2D eigenvalue weighted by Crippen LogP contribution is 2.18. The molecule has 0 aliphatic rings. The van der Waals surface area contributed by atoms with E-state index in [1.54, 1.807) is 30.3 Å². The van der Waals surface area contributed by atoms with Gasteiger partial charge >= 0.3 is 0 Å². The fraction of sp³-hybridized carbons (Fsp3) is 0.0556. The van der Waals surface area contributed by atoms with E-state index in [1.807, 2.05) is 0 Å². The summed E-state index contributed by atoms with van der Waals surface area (Å²) in [7, 11) is -3.82. The number of sulfonamides is 1. The number of halogens is 1. The predicted molar refractivity (Wildman–Crippen MR) is 108 cm³/mol. The van der Waals surface area contributed by atoms with Crippen LogP contribution < -0.4 is 14.8 Å². The maximum absolute atomic E-state index is 12.3. The summed E-state index contributed by atoms with van der Waals surface area (Å²) in [6.07, 6.45) is 2.86. The van der Waals surface area contributed by atoms with Crippen molar-refractivity contribution in [1.29, 1.82) is 0 Å². The summed E-state index contributed by atoms with van der Waals surface area (Å²) in [6.45, 7) is -0.172. The van der Waals surface area contributed by atoms with Crippen LogP contribution in [0.2, 0.25) is 0 Å². The molecule has 2 N–H and O–H groups in total. The number of carbonyl (C=O) groups excluding carboxylic acids is 1. The van der Waals surface area contributed by atoms with Gasteiger partial charge in [-0.2, -0.15) is 0 Å². The van der Waals surface area contributed by atoms with Gasteiger partial charge in [0.25, 0.3) is 15.9 Å². The number of hydrogen-bond donors (Lipinski definition) is 2. The van der Waals surface area contributed by atoms with Gasteiger partial charge in [0.1, 0.15) is 5.75 Å². The molecule has 3 aromatic rings. The van der Waals surface area contributed by atoms with Crippen LogP contribution in [-0.4, -0.2) is 30.9 Å². The van der Waals surface area contributed by atoms with Crippen LogP contribution in [-0.2, 0) is 14.8 Å². The summed E-state index contributed by atoms with van der Waals surface area (Å²) in [6, 6.07) is 14.4. The fourth-order valence-corrected chi connectivity index (χ4v) is 3.35. The number of nitrogens with zero attached hydrogens (tertiary/aromatic N) is 2. The Hall–Kier alpha value is -2.98. The molecular formula is C18H15BrN4O4S. The Morgan fingerprint density at radius 3 is 2.29 bits per heavy atom. The van der Waals surface area contributed by atoms with Crippen molar-refractivity contribution in [3.8, 4) is 5.75 Å². The van der Waals surface area contributed by atoms with Crippen molar-refractivity contribution in [3.63, 3.8) is 0 Å². The van der Waals surface area contributed by atoms with E-state index < -0.39 is 10.0 Å². The molecule has 0 aliphatic carbocycles. The second-order valence-corrected chi connectivity index (χ2v) is 8.09. The standard InChI is InChI=1S/C18H15BrN4O4S/c19-13-2-6-15(7-3-13)27-12-17(24)22-14-4-8-16(9-5-14)28(25,26)23-18-20-10-1-11-21-18/h1-11H,12H2,(H,22,24)(H,20,21,23). The number of hydrogen-bond acceptors (Lipinski definition) is 6. The molecule has 0 fully saturated rings. The van der Waals surface area contributed by atoms with Crippen molar-refractivity contribution in [3.05, 3.63) is 71.5 Å². The van der Waals surface area contributed by atoms with Crippen molar-refractivity contribution in [2.75, 3.05) is 16.6 Å². The predicted octanol–water partition coefficient (Wildman–Crippen LogP) is 3.06. The number of aromatic nitrogens is 2. The largest absolute Gasteiger partial charge is 0.484 e. The zero-order chi connectivity index (χ0) is 20.0. The lowest BCUT2D eigenvalue weighted by molar-refractivity contribution is -0.118. The number of amides is 1. The number of ether oxygens (including phenoxy) is 1. The van der Waals surface area contributed by atoms with Crippen LogP contribution in [0.3, 0.4) is 0 Å². The van der Waals surface area contributed by atoms with E-state index in [2.05, 4.69) is 35.9 Å². The van der Waals surface area contributed by atoms with Crippen molar-refractivity contribution in [2.24, 2.45) is 0 Å². The van der Waals surface area contributed by atoms with E-state index in [0.717, 1.165) is 4.47 Å². The second kappa shape index (κ2) is 8.81. The molecule has 2 aromatic carbocycles. The average molecular weight is 463 g/mol. The van der Waals surface area contributed by atoms with Gasteiger partial charge in [0, 0.05) is 22.6 Å². The number of anilines is 2. The molecule has 0 saturated heterocycles. The zero-order valence-electron chi connectivity index (χ0n) is 14.4. The van der Waals surface area contributed by atoms with Crippen LogP contribution >= 0.6 is 15.9 Å². The van der Waals surface area contributed by atoms with E-state index in [9.17, 15) is 13.2 Å². The van der Waals surface area contributed by atoms with Crippen LogP contribution in [0.5, 0.6) is 5.75 Å². The summed E-state index contributed by atoms with van der Waals surface area (Å²) in [5, 5.41) is 2.64. The monoisotopic (exact) mass is 462 g/mol. The van der Waals surface area contributed by atoms with Crippen molar-refractivity contribution < 1.29 is 17.9 Å². The zero-order valence-corrected chi connectivity index (χ0v) is 16.8. The minimum atomic E-state index is -3.82. The van der Waals surface area contributed by atoms with Crippen LogP contribution in [0, 0.1) is 0 Å². The SMILES string of the molecule is O=C(COc1ccc(Br)cc1)Nc1ccc(S(=O)(=O)Nc2ncccn2)cc1. The van der Waals surface area contributed by atoms with Gasteiger partial charge < -0.3 is 10.1 Å². The molecule has 0 spiro atoms. The minimum absolute atomic E-state index is 0.0177. The van der Waals surface area contributed by atoms with E-state index in [-0.39, 0.29) is 23.4 Å². The lowest BCUT2D eigenvalue weighted by atomic mass is 10.3. The number of nitrogens with one attached hydrogen (secondary N) is 2. The quantitative estimate of drug-likeness (QED) is 0.558. The summed E-state index contributed by atoms with van der Waals surface area (Å²) in [5.41, 5.74) is 0.444. The molecule has 8 nitrogen and oxygen atoms in total. The lowest BCUT2D eigenvalue weighted by Crippen LogP contribution is -2.20. The van der Waals surface area contributed by atoms with Gasteiger partial charge in [-0.1, -0.05) is 15.9 Å². The first-order chi connectivity index (χ1) is 13.4. The van der Waals surface area contributed by atoms with Crippen molar-refractivity contribution in [1.82, 2.24) is 9.97 Å². The van der Waals surface area contributed by atoms with E-state index in [4.69, 9.17) is 4.74 Å². The molecule has 0 saturated carbocycles. The molecule has 1 heterocycles. The van der Waals surface area contributed by atoms with E-state index in [1.165, 1.54) is 36.7 Å². The van der Waals surface area contributed by atoms with E-state index in [0.29, 0.717) is 11.4 Å². The van der Waals surface area contributed by atoms with E-state index >= 15 is 0 Å². The first kappa shape index (κ1) is 19.8. The van der Waals surface area contributed by atoms with Gasteiger partial charge in [0.15, 0.2) is 6.61 Å². The summed E-state index contributed by atoms with van der Waals surface area (Å²) >= 11 is 3.32. The van der Waals surface area contributed by atoms with Crippen LogP contribution in [0.25, 0.3) is 0 Å². The molecule has 3 rings (SSSR count). The maximum atomic E-state index is 12.3. The van der Waals surface area contributed by atoms with Gasteiger partial charge in [-0.3, -0.25) is 4.79 Å². The number of carbonyl (C=O) groups is 1. The lowest BCUT2D eigenvalue weighted by Gasteiger charge is -2.09. The minimum Gasteiger partial charge on any atom is -0.484 e. The highest BCUT2D eigenvalue weighted by molar-refractivity contribution is 9.10. The Bertz CT molecular complexity index is 1040. The smallest absolute Gasteiger partial charge is 0.264 e. The third-order valence-electron chi connectivity index (χ3n) is 3.42. The maximum Gasteiger partial charge on any atom is 0.264 e. The third-order valence-corrected chi connectivity index (χ3v) is 5.30. The number of rotatable bonds is 7. The molecule has 144 valence electrons. The fourth-order valence-electron chi connectivity index (χ4n) is 2.13. The van der Waals surface area contributed by atoms with Crippen LogP contribution in [0.15, 0.2) is 76.4 Å². The van der Waals surface area contributed by atoms with Gasteiger partial charge in [-0.15, -0.1) is 0 Å². The molecule has 1 amide bonds. The molecular weight excluding hydrogens is 448 g/mol. The highest BCUT2D eigenvalue weighted by atomic mass is 79.9. The second-order valence-electron chi connectivity index (χ2n) is 5.49. The average Bonchev–Trinajstić information content (AvgIpc) is 2.68. The van der Waals surface area contributed by atoms with Crippen LogP contribution in [0.1, 0.15) is 0 Å². The molecule has 0 aliphatic heterocycles. The van der Waals surface area contributed by atoms with Crippen molar-refractivity contribution >= 4 is 43.5 Å². The molecule has 0 unspecified atom stereocenters. The highest BCUT2D eigenvalue weighted by Gasteiger charge is 2.15. The first-order valence-electron chi connectivity index (χ1n) is 8.00. The molecule has 28 heavy (non-hydrogen) atoms. The van der Waals surface area contributed by atoms with Crippen molar-refractivity contribution in [2.45, 2.75) is 4.90 Å². The Morgan fingerprint density at radius 2 is 1.64 bits per heavy atom. The Kier molecular flexibility index (Phi) is 6.22.